The van der Waals surface area contributed by atoms with Crippen molar-refractivity contribution in [1.82, 2.24) is 0 Å². The van der Waals surface area contributed by atoms with Gasteiger partial charge in [-0.15, -0.1) is 0 Å². The van der Waals surface area contributed by atoms with Gasteiger partial charge in [-0.2, -0.15) is 0 Å². The number of hydrogen-bond acceptors (Lipinski definition) is 3. The number of fused-ring (bicyclic) bond motifs is 1. The molecule has 0 unspecified atom stereocenters. The van der Waals surface area contributed by atoms with E-state index >= 15 is 0 Å². The highest BCUT2D eigenvalue weighted by Crippen LogP contribution is 2.25. The van der Waals surface area contributed by atoms with Gasteiger partial charge in [0.05, 0.1) is 0 Å². The highest BCUT2D eigenvalue weighted by molar-refractivity contribution is 5.96. The van der Waals surface area contributed by atoms with E-state index in [0.717, 1.165) is 11.3 Å². The van der Waals surface area contributed by atoms with Crippen molar-refractivity contribution < 1.29 is 18.7 Å². The van der Waals surface area contributed by atoms with E-state index in [1.54, 1.807) is 12.1 Å². The van der Waals surface area contributed by atoms with Crippen LogP contribution in [0.1, 0.15) is 12.0 Å². The molecule has 2 aromatic rings. The Bertz CT molecular complexity index is 744. The molecule has 6 heteroatoms. The molecule has 3 rings (SSSR count). The molecule has 2 N–H and O–H groups in total. The average Bonchev–Trinajstić information content (AvgIpc) is 2.54. The molecule has 0 saturated carbocycles. The van der Waals surface area contributed by atoms with Crippen LogP contribution >= 0.6 is 0 Å². The number of carbonyl (C=O) groups excluding carboxylic acids is 2. The molecule has 2 aromatic carbocycles. The molecule has 23 heavy (non-hydrogen) atoms. The minimum Gasteiger partial charge on any atom is -0.484 e. The number of benzene rings is 2. The van der Waals surface area contributed by atoms with E-state index in [9.17, 15) is 14.0 Å². The molecule has 0 aromatic heterocycles. The normalized spacial score (nSPS) is 13.0. The summed E-state index contributed by atoms with van der Waals surface area (Å²) in [5.41, 5.74) is 2.41. The number of aryl methyl sites for hydroxylation is 1. The largest absolute Gasteiger partial charge is 0.484 e. The minimum absolute atomic E-state index is 0.00184. The predicted molar refractivity (Wildman–Crippen MR) is 83.9 cm³/mol. The summed E-state index contributed by atoms with van der Waals surface area (Å²) in [6.45, 7) is -0.167. The van der Waals surface area contributed by atoms with Crippen molar-refractivity contribution >= 4 is 23.2 Å². The van der Waals surface area contributed by atoms with Gasteiger partial charge < -0.3 is 15.4 Å². The number of amides is 2. The Hall–Kier alpha value is -2.89. The van der Waals surface area contributed by atoms with Gasteiger partial charge in [0.1, 0.15) is 11.6 Å². The first-order valence-electron chi connectivity index (χ1n) is 7.21. The van der Waals surface area contributed by atoms with E-state index < -0.39 is 0 Å². The first kappa shape index (κ1) is 15.0. The van der Waals surface area contributed by atoms with E-state index in [0.29, 0.717) is 24.3 Å². The monoisotopic (exact) mass is 314 g/mol. The topological polar surface area (TPSA) is 67.4 Å². The molecule has 0 radical (unpaired) electrons. The maximum atomic E-state index is 12.8. The predicted octanol–water partition coefficient (Wildman–Crippen LogP) is 2.73. The quantitative estimate of drug-likeness (QED) is 0.912. The lowest BCUT2D eigenvalue weighted by Gasteiger charge is -2.17. The van der Waals surface area contributed by atoms with Crippen molar-refractivity contribution in [3.63, 3.8) is 0 Å². The molecule has 0 saturated heterocycles. The van der Waals surface area contributed by atoms with Crippen molar-refractivity contribution in [3.05, 3.63) is 53.8 Å². The van der Waals surface area contributed by atoms with Crippen molar-refractivity contribution in [2.45, 2.75) is 12.8 Å². The third-order valence-electron chi connectivity index (χ3n) is 3.47. The first-order chi connectivity index (χ1) is 11.1. The lowest BCUT2D eigenvalue weighted by atomic mass is 10.0. The lowest BCUT2D eigenvalue weighted by molar-refractivity contribution is -0.118. The van der Waals surface area contributed by atoms with Crippen molar-refractivity contribution in [1.29, 1.82) is 0 Å². The highest BCUT2D eigenvalue weighted by Gasteiger charge is 2.15. The fraction of sp³-hybridized carbons (Fsp3) is 0.176. The Morgan fingerprint density at radius 2 is 1.96 bits per heavy atom. The molecule has 1 heterocycles. The van der Waals surface area contributed by atoms with Gasteiger partial charge >= 0.3 is 0 Å². The van der Waals surface area contributed by atoms with Crippen LogP contribution in [-0.2, 0) is 16.0 Å². The van der Waals surface area contributed by atoms with Crippen molar-refractivity contribution in [3.8, 4) is 5.75 Å². The molecule has 1 aliphatic rings. The van der Waals surface area contributed by atoms with Crippen LogP contribution < -0.4 is 15.4 Å². The molecular formula is C17H15FN2O3. The summed E-state index contributed by atoms with van der Waals surface area (Å²) < 4.78 is 18.1. The van der Waals surface area contributed by atoms with Gasteiger partial charge in [0, 0.05) is 17.8 Å². The van der Waals surface area contributed by atoms with Crippen molar-refractivity contribution in [2.24, 2.45) is 0 Å². The van der Waals surface area contributed by atoms with Crippen LogP contribution in [0.25, 0.3) is 0 Å². The van der Waals surface area contributed by atoms with Crippen LogP contribution in [0, 0.1) is 5.82 Å². The Kier molecular flexibility index (Phi) is 4.23. The second-order valence-corrected chi connectivity index (χ2v) is 5.21. The fourth-order valence-electron chi connectivity index (χ4n) is 2.34. The van der Waals surface area contributed by atoms with E-state index in [2.05, 4.69) is 10.6 Å². The molecule has 5 nitrogen and oxygen atoms in total. The third kappa shape index (κ3) is 3.85. The maximum absolute atomic E-state index is 12.8. The third-order valence-corrected chi connectivity index (χ3v) is 3.47. The van der Waals surface area contributed by atoms with E-state index in [4.69, 9.17) is 4.74 Å². The molecule has 2 amide bonds. The lowest BCUT2D eigenvalue weighted by Crippen LogP contribution is -2.21. The second kappa shape index (κ2) is 6.48. The van der Waals surface area contributed by atoms with Gasteiger partial charge in [0.25, 0.3) is 5.91 Å². The first-order valence-corrected chi connectivity index (χ1v) is 7.21. The Labute approximate surface area is 132 Å². The zero-order chi connectivity index (χ0) is 16.2. The standard InChI is InChI=1S/C17H15FN2O3/c18-12-2-5-14(6-3-12)23-10-17(22)19-13-4-7-15-11(9-13)1-8-16(21)20-15/h2-7,9H,1,8,10H2,(H,19,22)(H,20,21). The van der Waals surface area contributed by atoms with Gasteiger partial charge in [0.15, 0.2) is 6.61 Å². The summed E-state index contributed by atoms with van der Waals surface area (Å²) in [7, 11) is 0. The second-order valence-electron chi connectivity index (χ2n) is 5.21. The zero-order valence-corrected chi connectivity index (χ0v) is 12.3. The van der Waals surface area contributed by atoms with E-state index in [-0.39, 0.29) is 24.2 Å². The van der Waals surface area contributed by atoms with Gasteiger partial charge in [0.2, 0.25) is 5.91 Å². The molecule has 1 aliphatic heterocycles. The van der Waals surface area contributed by atoms with E-state index in [1.807, 2.05) is 6.07 Å². The SMILES string of the molecule is O=C(COc1ccc(F)cc1)Nc1ccc2c(c1)CCC(=O)N2. The summed E-state index contributed by atoms with van der Waals surface area (Å²) in [6, 6.07) is 10.8. The fourth-order valence-corrected chi connectivity index (χ4v) is 2.34. The molecule has 0 bridgehead atoms. The molecule has 118 valence electrons. The molecule has 0 spiro atoms. The smallest absolute Gasteiger partial charge is 0.262 e. The summed E-state index contributed by atoms with van der Waals surface area (Å²) in [6.07, 6.45) is 1.09. The summed E-state index contributed by atoms with van der Waals surface area (Å²) in [5, 5.41) is 5.52. The number of anilines is 2. The highest BCUT2D eigenvalue weighted by atomic mass is 19.1. The van der Waals surface area contributed by atoms with Crippen LogP contribution in [0.4, 0.5) is 15.8 Å². The molecular weight excluding hydrogens is 299 g/mol. The number of nitrogens with one attached hydrogen (secondary N) is 2. The molecule has 0 aliphatic carbocycles. The minimum atomic E-state index is -0.358. The number of ether oxygens (including phenoxy) is 1. The molecule has 0 fully saturated rings. The van der Waals surface area contributed by atoms with Crippen LogP contribution in [0.5, 0.6) is 5.75 Å². The summed E-state index contributed by atoms with van der Waals surface area (Å²) in [5.74, 6) is -0.242. The number of rotatable bonds is 4. The van der Waals surface area contributed by atoms with Gasteiger partial charge in [-0.05, 0) is 54.4 Å². The summed E-state index contributed by atoms with van der Waals surface area (Å²) >= 11 is 0. The van der Waals surface area contributed by atoms with Gasteiger partial charge in [-0.1, -0.05) is 0 Å². The van der Waals surface area contributed by atoms with Crippen LogP contribution in [-0.4, -0.2) is 18.4 Å². The Morgan fingerprint density at radius 3 is 2.74 bits per heavy atom. The van der Waals surface area contributed by atoms with Crippen molar-refractivity contribution in [2.75, 3.05) is 17.2 Å². The van der Waals surface area contributed by atoms with Crippen LogP contribution in [0.2, 0.25) is 0 Å². The maximum Gasteiger partial charge on any atom is 0.262 e. The zero-order valence-electron chi connectivity index (χ0n) is 12.3. The number of carbonyl (C=O) groups is 2. The van der Waals surface area contributed by atoms with Crippen LogP contribution in [0.3, 0.4) is 0 Å². The van der Waals surface area contributed by atoms with E-state index in [1.165, 1.54) is 24.3 Å². The number of halogens is 1. The van der Waals surface area contributed by atoms with Gasteiger partial charge in [-0.25, -0.2) is 4.39 Å². The number of hydrogen-bond donors (Lipinski definition) is 2. The summed E-state index contributed by atoms with van der Waals surface area (Å²) in [4.78, 5) is 23.2. The van der Waals surface area contributed by atoms with Crippen LogP contribution in [0.15, 0.2) is 42.5 Å². The molecule has 0 atom stereocenters. The van der Waals surface area contributed by atoms with Gasteiger partial charge in [-0.3, -0.25) is 9.59 Å². The average molecular weight is 314 g/mol. The Morgan fingerprint density at radius 1 is 1.17 bits per heavy atom. The Balaban J connectivity index is 1.57.